The minimum Gasteiger partial charge on any atom is -0.508 e. The molecule has 0 saturated heterocycles. The fourth-order valence-corrected chi connectivity index (χ4v) is 2.37. The number of aromatic hydroxyl groups is 1. The van der Waals surface area contributed by atoms with Gasteiger partial charge in [-0.15, -0.1) is 0 Å². The van der Waals surface area contributed by atoms with E-state index in [1.54, 1.807) is 18.2 Å². The number of phenolic OH excluding ortho intramolecular Hbond substituents is 1. The number of halogens is 1. The molecule has 5 nitrogen and oxygen atoms in total. The van der Waals surface area contributed by atoms with Crippen molar-refractivity contribution >= 4 is 11.7 Å². The Kier molecular flexibility index (Phi) is 4.29. The molecule has 6 heteroatoms. The average Bonchev–Trinajstić information content (AvgIpc) is 3.35. The first-order valence-electron chi connectivity index (χ1n) is 7.70. The normalized spacial score (nSPS) is 13.6. The number of carbonyl (C=O) groups is 1. The van der Waals surface area contributed by atoms with Crippen molar-refractivity contribution in [1.29, 1.82) is 0 Å². The first-order chi connectivity index (χ1) is 11.5. The van der Waals surface area contributed by atoms with Crippen molar-refractivity contribution in [2.45, 2.75) is 32.4 Å². The van der Waals surface area contributed by atoms with E-state index in [0.29, 0.717) is 16.8 Å². The Bertz CT molecular complexity index is 787. The van der Waals surface area contributed by atoms with Gasteiger partial charge in [0, 0.05) is 29.4 Å². The predicted octanol–water partition coefficient (Wildman–Crippen LogP) is 3.69. The van der Waals surface area contributed by atoms with Gasteiger partial charge in [0.1, 0.15) is 5.75 Å². The molecule has 24 heavy (non-hydrogen) atoms. The Morgan fingerprint density at radius 1 is 1.38 bits per heavy atom. The second-order valence-corrected chi connectivity index (χ2v) is 5.87. The standard InChI is InChI=1S/C18H18FNO4/c1-10-14(18(22)23)7-12(8-15(10)21)20-9-11-3-2-4-16(17(11)19)24-13-5-6-13/h2-4,7-8,13,20-21H,5-6,9H2,1H3,(H,22,23). The number of benzene rings is 2. The van der Waals surface area contributed by atoms with Crippen LogP contribution in [0.5, 0.6) is 11.5 Å². The van der Waals surface area contributed by atoms with Gasteiger partial charge in [-0.2, -0.15) is 0 Å². The third-order valence-electron chi connectivity index (χ3n) is 3.95. The molecule has 3 rings (SSSR count). The zero-order valence-electron chi connectivity index (χ0n) is 13.2. The zero-order valence-corrected chi connectivity index (χ0v) is 13.2. The van der Waals surface area contributed by atoms with Crippen LogP contribution in [-0.4, -0.2) is 22.3 Å². The maximum atomic E-state index is 14.4. The van der Waals surface area contributed by atoms with Crippen LogP contribution in [0.1, 0.15) is 34.3 Å². The number of phenols is 1. The van der Waals surface area contributed by atoms with E-state index in [1.165, 1.54) is 19.1 Å². The Balaban J connectivity index is 1.77. The van der Waals surface area contributed by atoms with Crippen LogP contribution in [0.2, 0.25) is 0 Å². The van der Waals surface area contributed by atoms with E-state index >= 15 is 0 Å². The van der Waals surface area contributed by atoms with Gasteiger partial charge in [0.2, 0.25) is 0 Å². The lowest BCUT2D eigenvalue weighted by Crippen LogP contribution is -2.07. The smallest absolute Gasteiger partial charge is 0.336 e. The van der Waals surface area contributed by atoms with E-state index in [1.807, 2.05) is 0 Å². The third kappa shape index (κ3) is 3.42. The van der Waals surface area contributed by atoms with Crippen LogP contribution >= 0.6 is 0 Å². The highest BCUT2D eigenvalue weighted by atomic mass is 19.1. The van der Waals surface area contributed by atoms with Gasteiger partial charge in [-0.1, -0.05) is 12.1 Å². The van der Waals surface area contributed by atoms with E-state index in [9.17, 15) is 14.3 Å². The van der Waals surface area contributed by atoms with Crippen LogP contribution < -0.4 is 10.1 Å². The summed E-state index contributed by atoms with van der Waals surface area (Å²) in [6, 6.07) is 7.78. The van der Waals surface area contributed by atoms with E-state index in [2.05, 4.69) is 5.32 Å². The van der Waals surface area contributed by atoms with Crippen LogP contribution in [0.3, 0.4) is 0 Å². The highest BCUT2D eigenvalue weighted by molar-refractivity contribution is 5.91. The maximum Gasteiger partial charge on any atom is 0.336 e. The SMILES string of the molecule is Cc1c(O)cc(NCc2cccc(OC3CC3)c2F)cc1C(=O)O. The summed E-state index contributed by atoms with van der Waals surface area (Å²) in [6.07, 6.45) is 2.00. The largest absolute Gasteiger partial charge is 0.508 e. The average molecular weight is 331 g/mol. The fraction of sp³-hybridized carbons (Fsp3) is 0.278. The third-order valence-corrected chi connectivity index (χ3v) is 3.95. The predicted molar refractivity (Wildman–Crippen MR) is 87.2 cm³/mol. The Morgan fingerprint density at radius 2 is 2.12 bits per heavy atom. The van der Waals surface area contributed by atoms with E-state index in [4.69, 9.17) is 9.84 Å². The van der Waals surface area contributed by atoms with Gasteiger partial charge >= 0.3 is 5.97 Å². The molecule has 0 unspecified atom stereocenters. The molecule has 1 aliphatic rings. The van der Waals surface area contributed by atoms with Crippen molar-refractivity contribution in [2.24, 2.45) is 0 Å². The van der Waals surface area contributed by atoms with Gasteiger partial charge in [0.25, 0.3) is 0 Å². The number of aromatic carboxylic acids is 1. The highest BCUT2D eigenvalue weighted by Crippen LogP contribution is 2.30. The first kappa shape index (κ1) is 16.1. The van der Waals surface area contributed by atoms with Crippen molar-refractivity contribution in [3.8, 4) is 11.5 Å². The molecule has 1 aliphatic carbocycles. The van der Waals surface area contributed by atoms with Crippen molar-refractivity contribution in [1.82, 2.24) is 0 Å². The lowest BCUT2D eigenvalue weighted by molar-refractivity contribution is 0.0695. The van der Waals surface area contributed by atoms with Gasteiger partial charge in [-0.3, -0.25) is 0 Å². The van der Waals surface area contributed by atoms with Gasteiger partial charge in [-0.25, -0.2) is 9.18 Å². The number of anilines is 1. The van der Waals surface area contributed by atoms with Crippen LogP contribution in [0.25, 0.3) is 0 Å². The van der Waals surface area contributed by atoms with E-state index in [0.717, 1.165) is 12.8 Å². The first-order valence-corrected chi connectivity index (χ1v) is 7.70. The molecule has 126 valence electrons. The Morgan fingerprint density at radius 3 is 2.79 bits per heavy atom. The summed E-state index contributed by atoms with van der Waals surface area (Å²) in [6.45, 7) is 1.68. The molecule has 0 amide bonds. The molecule has 3 N–H and O–H groups in total. The van der Waals surface area contributed by atoms with Gasteiger partial charge in [0.05, 0.1) is 11.7 Å². The topological polar surface area (TPSA) is 78.8 Å². The number of ether oxygens (including phenoxy) is 1. The molecule has 0 spiro atoms. The van der Waals surface area contributed by atoms with Crippen LogP contribution in [0, 0.1) is 12.7 Å². The number of carboxylic acids is 1. The number of hydrogen-bond acceptors (Lipinski definition) is 4. The summed E-state index contributed by atoms with van der Waals surface area (Å²) in [7, 11) is 0. The fourth-order valence-electron chi connectivity index (χ4n) is 2.37. The Hall–Kier alpha value is -2.76. The van der Waals surface area contributed by atoms with Crippen molar-refractivity contribution in [3.63, 3.8) is 0 Å². The molecular formula is C18H18FNO4. The summed E-state index contributed by atoms with van der Waals surface area (Å²) in [5.74, 6) is -1.44. The van der Waals surface area contributed by atoms with Crippen LogP contribution in [0.4, 0.5) is 10.1 Å². The van der Waals surface area contributed by atoms with Crippen LogP contribution in [-0.2, 0) is 6.54 Å². The monoisotopic (exact) mass is 331 g/mol. The van der Waals surface area contributed by atoms with Gasteiger partial charge in [0.15, 0.2) is 11.6 Å². The molecule has 1 fully saturated rings. The summed E-state index contributed by atoms with van der Waals surface area (Å²) in [4.78, 5) is 11.2. The summed E-state index contributed by atoms with van der Waals surface area (Å²) >= 11 is 0. The molecular weight excluding hydrogens is 313 g/mol. The van der Waals surface area contributed by atoms with E-state index in [-0.39, 0.29) is 29.7 Å². The molecule has 0 aliphatic heterocycles. The van der Waals surface area contributed by atoms with Gasteiger partial charge in [-0.05, 0) is 31.9 Å². The summed E-state index contributed by atoms with van der Waals surface area (Å²) < 4.78 is 19.9. The molecule has 0 heterocycles. The number of carboxylic acid groups (broad SMARTS) is 1. The zero-order chi connectivity index (χ0) is 17.3. The maximum absolute atomic E-state index is 14.4. The second-order valence-electron chi connectivity index (χ2n) is 5.87. The van der Waals surface area contributed by atoms with Crippen molar-refractivity contribution in [3.05, 3.63) is 52.8 Å². The summed E-state index contributed by atoms with van der Waals surface area (Å²) in [5.41, 5.74) is 1.11. The summed E-state index contributed by atoms with van der Waals surface area (Å²) in [5, 5.41) is 21.9. The van der Waals surface area contributed by atoms with Gasteiger partial charge < -0.3 is 20.3 Å². The minimum atomic E-state index is -1.13. The highest BCUT2D eigenvalue weighted by Gasteiger charge is 2.25. The molecule has 1 saturated carbocycles. The molecule has 0 bridgehead atoms. The second kappa shape index (κ2) is 6.39. The quantitative estimate of drug-likeness (QED) is 0.752. The van der Waals surface area contributed by atoms with Crippen LogP contribution in [0.15, 0.2) is 30.3 Å². The molecule has 0 atom stereocenters. The molecule has 2 aromatic carbocycles. The lowest BCUT2D eigenvalue weighted by Gasteiger charge is -2.13. The number of nitrogens with one attached hydrogen (secondary N) is 1. The number of rotatable bonds is 6. The molecule has 0 aromatic heterocycles. The molecule has 0 radical (unpaired) electrons. The Labute approximate surface area is 138 Å². The van der Waals surface area contributed by atoms with E-state index < -0.39 is 11.8 Å². The lowest BCUT2D eigenvalue weighted by atomic mass is 10.1. The van der Waals surface area contributed by atoms with Crippen molar-refractivity contribution < 1.29 is 24.1 Å². The van der Waals surface area contributed by atoms with Crippen molar-refractivity contribution in [2.75, 3.05) is 5.32 Å². The minimum absolute atomic E-state index is 0.00351. The molecule has 2 aromatic rings. The number of hydrogen-bond donors (Lipinski definition) is 3.